The van der Waals surface area contributed by atoms with E-state index in [2.05, 4.69) is 22.0 Å². The Kier molecular flexibility index (Phi) is 4.85. The summed E-state index contributed by atoms with van der Waals surface area (Å²) in [6, 6.07) is 0. The van der Waals surface area contributed by atoms with Gasteiger partial charge in [0.1, 0.15) is 0 Å². The van der Waals surface area contributed by atoms with E-state index in [0.717, 1.165) is 32.7 Å². The fourth-order valence-corrected chi connectivity index (χ4v) is 4.51. The predicted molar refractivity (Wildman–Crippen MR) is 85.2 cm³/mol. The van der Waals surface area contributed by atoms with E-state index in [4.69, 9.17) is 0 Å². The van der Waals surface area contributed by atoms with Crippen LogP contribution in [0.3, 0.4) is 0 Å². The van der Waals surface area contributed by atoms with Crippen molar-refractivity contribution in [2.45, 2.75) is 57.4 Å². The molecule has 0 radical (unpaired) electrons. The summed E-state index contributed by atoms with van der Waals surface area (Å²) in [6.45, 7) is 8.01. The Morgan fingerprint density at radius 2 is 2.00 bits per heavy atom. The average molecular weight is 293 g/mol. The van der Waals surface area contributed by atoms with Crippen molar-refractivity contribution in [3.8, 4) is 0 Å². The number of likely N-dealkylation sites (tertiary alicyclic amines) is 1. The summed E-state index contributed by atoms with van der Waals surface area (Å²) >= 11 is 0. The van der Waals surface area contributed by atoms with Crippen molar-refractivity contribution < 1.29 is 4.79 Å². The lowest BCUT2D eigenvalue weighted by atomic mass is 9.79. The van der Waals surface area contributed by atoms with E-state index in [1.807, 2.05) is 0 Å². The quantitative estimate of drug-likeness (QED) is 0.844. The second-order valence-electron chi connectivity index (χ2n) is 7.47. The van der Waals surface area contributed by atoms with Gasteiger partial charge in [-0.15, -0.1) is 0 Å². The molecule has 4 heteroatoms. The monoisotopic (exact) mass is 293 g/mol. The van der Waals surface area contributed by atoms with Crippen LogP contribution in [0.5, 0.6) is 0 Å². The number of hydrogen-bond donors (Lipinski definition) is 1. The Morgan fingerprint density at radius 3 is 2.76 bits per heavy atom. The fourth-order valence-electron chi connectivity index (χ4n) is 4.51. The number of hydrogen-bond acceptors (Lipinski definition) is 3. The van der Waals surface area contributed by atoms with Crippen molar-refractivity contribution in [2.24, 2.45) is 5.92 Å². The first kappa shape index (κ1) is 15.3. The number of amides is 1. The van der Waals surface area contributed by atoms with Gasteiger partial charge in [0.25, 0.3) is 0 Å². The van der Waals surface area contributed by atoms with Crippen molar-refractivity contribution in [1.82, 2.24) is 15.1 Å². The van der Waals surface area contributed by atoms with Crippen molar-refractivity contribution in [3.63, 3.8) is 0 Å². The Balaban J connectivity index is 1.62. The summed E-state index contributed by atoms with van der Waals surface area (Å²) in [4.78, 5) is 17.3. The minimum absolute atomic E-state index is 0.271. The maximum absolute atomic E-state index is 12.7. The molecule has 21 heavy (non-hydrogen) atoms. The van der Waals surface area contributed by atoms with Gasteiger partial charge in [0, 0.05) is 38.3 Å². The van der Waals surface area contributed by atoms with E-state index >= 15 is 0 Å². The first-order valence-electron chi connectivity index (χ1n) is 8.93. The van der Waals surface area contributed by atoms with Crippen LogP contribution in [0.2, 0.25) is 0 Å². The molecule has 0 bridgehead atoms. The van der Waals surface area contributed by atoms with Crippen molar-refractivity contribution in [2.75, 3.05) is 39.3 Å². The van der Waals surface area contributed by atoms with Crippen LogP contribution < -0.4 is 5.32 Å². The van der Waals surface area contributed by atoms with E-state index in [1.54, 1.807) is 0 Å². The molecule has 3 rings (SSSR count). The number of carbonyl (C=O) groups is 1. The van der Waals surface area contributed by atoms with Gasteiger partial charge in [-0.25, -0.2) is 0 Å². The first-order valence-corrected chi connectivity index (χ1v) is 8.93. The van der Waals surface area contributed by atoms with Gasteiger partial charge < -0.3 is 10.2 Å². The summed E-state index contributed by atoms with van der Waals surface area (Å²) in [5, 5.41) is 3.57. The minimum Gasteiger partial charge on any atom is -0.341 e. The highest BCUT2D eigenvalue weighted by Gasteiger charge is 2.40. The lowest BCUT2D eigenvalue weighted by molar-refractivity contribution is -0.137. The normalized spacial score (nSPS) is 30.5. The summed E-state index contributed by atoms with van der Waals surface area (Å²) < 4.78 is 0. The molecule has 1 atom stereocenters. The molecule has 3 aliphatic rings. The maximum atomic E-state index is 12.7. The van der Waals surface area contributed by atoms with Gasteiger partial charge in [-0.05, 0) is 31.6 Å². The SMILES string of the molecule is CC1CCCN(C(=O)CN2CCNCC23CCCCC3)C1. The second-order valence-corrected chi connectivity index (χ2v) is 7.47. The molecule has 1 N–H and O–H groups in total. The minimum atomic E-state index is 0.271. The number of piperazine rings is 1. The van der Waals surface area contributed by atoms with Gasteiger partial charge in [0.05, 0.1) is 6.54 Å². The lowest BCUT2D eigenvalue weighted by Gasteiger charge is -2.50. The molecule has 2 aliphatic heterocycles. The van der Waals surface area contributed by atoms with Gasteiger partial charge in [-0.2, -0.15) is 0 Å². The van der Waals surface area contributed by atoms with E-state index in [-0.39, 0.29) is 5.54 Å². The summed E-state index contributed by atoms with van der Waals surface area (Å²) in [5.74, 6) is 1.04. The highest BCUT2D eigenvalue weighted by molar-refractivity contribution is 5.78. The molecule has 3 fully saturated rings. The molecule has 0 aromatic heterocycles. The maximum Gasteiger partial charge on any atom is 0.236 e. The third-order valence-electron chi connectivity index (χ3n) is 5.80. The Labute approximate surface area is 129 Å². The summed E-state index contributed by atoms with van der Waals surface area (Å²) in [6.07, 6.45) is 9.02. The Hall–Kier alpha value is -0.610. The number of nitrogens with one attached hydrogen (secondary N) is 1. The fraction of sp³-hybridized carbons (Fsp3) is 0.941. The number of piperidine rings is 1. The highest BCUT2D eigenvalue weighted by Crippen LogP contribution is 2.34. The molecule has 120 valence electrons. The van der Waals surface area contributed by atoms with Crippen LogP contribution in [0, 0.1) is 5.92 Å². The van der Waals surface area contributed by atoms with E-state index in [0.29, 0.717) is 18.4 Å². The molecule has 2 saturated heterocycles. The van der Waals surface area contributed by atoms with Gasteiger partial charge in [0.15, 0.2) is 0 Å². The molecular weight excluding hydrogens is 262 g/mol. The van der Waals surface area contributed by atoms with Crippen molar-refractivity contribution in [3.05, 3.63) is 0 Å². The molecule has 2 heterocycles. The van der Waals surface area contributed by atoms with Gasteiger partial charge >= 0.3 is 0 Å². The van der Waals surface area contributed by atoms with Crippen LogP contribution in [0.1, 0.15) is 51.9 Å². The zero-order chi connectivity index (χ0) is 14.7. The zero-order valence-corrected chi connectivity index (χ0v) is 13.6. The van der Waals surface area contributed by atoms with Crippen LogP contribution in [0.25, 0.3) is 0 Å². The van der Waals surface area contributed by atoms with Crippen LogP contribution in [-0.2, 0) is 4.79 Å². The zero-order valence-electron chi connectivity index (χ0n) is 13.6. The topological polar surface area (TPSA) is 35.6 Å². The number of rotatable bonds is 2. The van der Waals surface area contributed by atoms with E-state index in [9.17, 15) is 4.79 Å². The first-order chi connectivity index (χ1) is 10.2. The molecule has 0 aromatic carbocycles. The largest absolute Gasteiger partial charge is 0.341 e. The van der Waals surface area contributed by atoms with Crippen LogP contribution >= 0.6 is 0 Å². The third-order valence-corrected chi connectivity index (χ3v) is 5.80. The molecule has 1 spiro atoms. The van der Waals surface area contributed by atoms with Gasteiger partial charge in [-0.1, -0.05) is 26.2 Å². The number of carbonyl (C=O) groups excluding carboxylic acids is 1. The molecular formula is C17H31N3O. The smallest absolute Gasteiger partial charge is 0.236 e. The molecule has 1 amide bonds. The number of nitrogens with zero attached hydrogens (tertiary/aromatic N) is 2. The summed E-state index contributed by atoms with van der Waals surface area (Å²) in [5.41, 5.74) is 0.271. The van der Waals surface area contributed by atoms with Crippen LogP contribution in [0.4, 0.5) is 0 Å². The molecule has 1 saturated carbocycles. The van der Waals surface area contributed by atoms with Crippen molar-refractivity contribution in [1.29, 1.82) is 0 Å². The Bertz CT molecular complexity index is 357. The van der Waals surface area contributed by atoms with Crippen molar-refractivity contribution >= 4 is 5.91 Å². The Morgan fingerprint density at radius 1 is 1.19 bits per heavy atom. The average Bonchev–Trinajstić information content (AvgIpc) is 2.50. The lowest BCUT2D eigenvalue weighted by Crippen LogP contribution is -2.63. The standard InChI is InChI=1S/C17H31N3O/c1-15-6-5-10-19(12-15)16(21)13-20-11-9-18-14-17(20)7-3-2-4-8-17/h15,18H,2-14H2,1H3. The molecule has 4 nitrogen and oxygen atoms in total. The third kappa shape index (κ3) is 3.42. The van der Waals surface area contributed by atoms with E-state index in [1.165, 1.54) is 44.9 Å². The molecule has 1 unspecified atom stereocenters. The molecule has 1 aliphatic carbocycles. The molecule has 0 aromatic rings. The summed E-state index contributed by atoms with van der Waals surface area (Å²) in [7, 11) is 0. The predicted octanol–water partition coefficient (Wildman–Crippen LogP) is 1.85. The highest BCUT2D eigenvalue weighted by atomic mass is 16.2. The van der Waals surface area contributed by atoms with Gasteiger partial charge in [0.2, 0.25) is 5.91 Å². The van der Waals surface area contributed by atoms with E-state index < -0.39 is 0 Å². The second kappa shape index (κ2) is 6.66. The van der Waals surface area contributed by atoms with Crippen LogP contribution in [-0.4, -0.2) is 60.5 Å². The van der Waals surface area contributed by atoms with Crippen LogP contribution in [0.15, 0.2) is 0 Å². The van der Waals surface area contributed by atoms with Gasteiger partial charge in [-0.3, -0.25) is 9.69 Å².